The van der Waals surface area contributed by atoms with Gasteiger partial charge in [-0.05, 0) is 23.3 Å². The number of aliphatic hydroxyl groups excluding tert-OH is 1. The zero-order chi connectivity index (χ0) is 18.4. The quantitative estimate of drug-likeness (QED) is 0.612. The molecule has 136 valence electrons. The van der Waals surface area contributed by atoms with Gasteiger partial charge in [0.15, 0.2) is 5.16 Å². The Morgan fingerprint density at radius 2 is 1.69 bits per heavy atom. The lowest BCUT2D eigenvalue weighted by molar-refractivity contribution is 0.270. The van der Waals surface area contributed by atoms with Gasteiger partial charge in [0.25, 0.3) is 0 Å². The summed E-state index contributed by atoms with van der Waals surface area (Å²) < 4.78 is 12.7. The number of rotatable bonds is 8. The number of nitrogens with zero attached hydrogens (tertiary/aromatic N) is 2. The second-order valence-corrected chi connectivity index (χ2v) is 6.71. The summed E-state index contributed by atoms with van der Waals surface area (Å²) in [5, 5.41) is 10.5. The summed E-state index contributed by atoms with van der Waals surface area (Å²) in [4.78, 5) is 4.49. The van der Waals surface area contributed by atoms with Crippen LogP contribution in [0.5, 0.6) is 11.5 Å². The molecule has 5 nitrogen and oxygen atoms in total. The lowest BCUT2D eigenvalue weighted by Crippen LogP contribution is -2.06. The van der Waals surface area contributed by atoms with Crippen LogP contribution in [0.2, 0.25) is 0 Å². The summed E-state index contributed by atoms with van der Waals surface area (Å²) in [5.41, 5.74) is 3.07. The molecule has 0 fully saturated rings. The number of thioether (sulfide) groups is 1. The summed E-state index contributed by atoms with van der Waals surface area (Å²) in [6.07, 6.45) is 1.73. The molecule has 0 aliphatic rings. The first kappa shape index (κ1) is 18.4. The minimum atomic E-state index is -0.0343. The van der Waals surface area contributed by atoms with Crippen LogP contribution < -0.4 is 9.47 Å². The Morgan fingerprint density at radius 3 is 2.31 bits per heavy atom. The smallest absolute Gasteiger partial charge is 0.168 e. The molecular weight excluding hydrogens is 348 g/mol. The first-order chi connectivity index (χ1) is 12.7. The second kappa shape index (κ2) is 8.78. The van der Waals surface area contributed by atoms with Crippen molar-refractivity contribution in [3.63, 3.8) is 0 Å². The Labute approximate surface area is 157 Å². The van der Waals surface area contributed by atoms with Gasteiger partial charge in [0.2, 0.25) is 0 Å². The highest BCUT2D eigenvalue weighted by atomic mass is 32.2. The Hall–Kier alpha value is -2.44. The number of methoxy groups -OCH3 is 2. The zero-order valence-electron chi connectivity index (χ0n) is 14.9. The minimum absolute atomic E-state index is 0.0343. The average molecular weight is 370 g/mol. The molecule has 0 amide bonds. The monoisotopic (exact) mass is 370 g/mol. The summed E-state index contributed by atoms with van der Waals surface area (Å²) in [6.45, 7) is 0.647. The van der Waals surface area contributed by atoms with E-state index in [0.29, 0.717) is 6.54 Å². The topological polar surface area (TPSA) is 56.5 Å². The molecule has 1 heterocycles. The van der Waals surface area contributed by atoms with E-state index in [2.05, 4.69) is 21.7 Å². The molecule has 0 aliphatic heterocycles. The largest absolute Gasteiger partial charge is 0.497 e. The van der Waals surface area contributed by atoms with Crippen LogP contribution in [0.3, 0.4) is 0 Å². The van der Waals surface area contributed by atoms with E-state index in [1.807, 2.05) is 36.4 Å². The van der Waals surface area contributed by atoms with Gasteiger partial charge in [0, 0.05) is 18.4 Å². The molecule has 0 saturated heterocycles. The highest BCUT2D eigenvalue weighted by Crippen LogP contribution is 2.29. The molecule has 1 aromatic heterocycles. The van der Waals surface area contributed by atoms with Gasteiger partial charge >= 0.3 is 0 Å². The average Bonchev–Trinajstić information content (AvgIpc) is 3.08. The van der Waals surface area contributed by atoms with E-state index in [1.165, 1.54) is 5.56 Å². The molecule has 6 heteroatoms. The molecule has 0 radical (unpaired) electrons. The molecular formula is C20H22N2O3S. The van der Waals surface area contributed by atoms with Crippen molar-refractivity contribution in [3.05, 3.63) is 71.5 Å². The molecule has 3 aromatic rings. The molecule has 1 N–H and O–H groups in total. The molecule has 0 unspecified atom stereocenters. The zero-order valence-corrected chi connectivity index (χ0v) is 15.7. The fourth-order valence-electron chi connectivity index (χ4n) is 2.67. The van der Waals surface area contributed by atoms with Crippen LogP contribution >= 0.6 is 11.8 Å². The molecule has 26 heavy (non-hydrogen) atoms. The fourth-order valence-corrected chi connectivity index (χ4v) is 3.59. The van der Waals surface area contributed by atoms with Crippen molar-refractivity contribution in [1.29, 1.82) is 0 Å². The minimum Gasteiger partial charge on any atom is -0.497 e. The van der Waals surface area contributed by atoms with E-state index in [4.69, 9.17) is 9.47 Å². The number of aromatic nitrogens is 2. The maximum atomic E-state index is 9.63. The predicted octanol–water partition coefficient (Wildman–Crippen LogP) is 3.73. The third-order valence-corrected chi connectivity index (χ3v) is 5.09. The van der Waals surface area contributed by atoms with Gasteiger partial charge in [0.1, 0.15) is 11.5 Å². The second-order valence-electron chi connectivity index (χ2n) is 5.77. The number of hydrogen-bond acceptors (Lipinski definition) is 5. The van der Waals surface area contributed by atoms with Gasteiger partial charge < -0.3 is 19.1 Å². The number of benzene rings is 2. The van der Waals surface area contributed by atoms with E-state index in [1.54, 1.807) is 32.2 Å². The van der Waals surface area contributed by atoms with Gasteiger partial charge in [-0.2, -0.15) is 0 Å². The van der Waals surface area contributed by atoms with Crippen LogP contribution in [-0.4, -0.2) is 28.9 Å². The van der Waals surface area contributed by atoms with Crippen LogP contribution in [0, 0.1) is 0 Å². The molecule has 0 saturated carbocycles. The van der Waals surface area contributed by atoms with E-state index < -0.39 is 0 Å². The van der Waals surface area contributed by atoms with E-state index >= 15 is 0 Å². The highest BCUT2D eigenvalue weighted by molar-refractivity contribution is 7.98. The van der Waals surface area contributed by atoms with Crippen LogP contribution in [0.25, 0.3) is 0 Å². The van der Waals surface area contributed by atoms with Gasteiger partial charge in [-0.15, -0.1) is 0 Å². The van der Waals surface area contributed by atoms with Crippen molar-refractivity contribution in [1.82, 2.24) is 9.55 Å². The Morgan fingerprint density at radius 1 is 1.00 bits per heavy atom. The van der Waals surface area contributed by atoms with Crippen LogP contribution in [0.1, 0.15) is 16.8 Å². The lowest BCUT2D eigenvalue weighted by Gasteiger charge is -2.12. The third kappa shape index (κ3) is 4.39. The van der Waals surface area contributed by atoms with E-state index in [9.17, 15) is 5.11 Å². The normalized spacial score (nSPS) is 10.7. The van der Waals surface area contributed by atoms with Gasteiger partial charge in [-0.3, -0.25) is 0 Å². The van der Waals surface area contributed by atoms with Crippen molar-refractivity contribution in [2.24, 2.45) is 0 Å². The van der Waals surface area contributed by atoms with Crippen molar-refractivity contribution in [2.45, 2.75) is 24.1 Å². The maximum Gasteiger partial charge on any atom is 0.168 e. The Bertz CT molecular complexity index is 827. The molecule has 0 bridgehead atoms. The molecule has 0 aliphatic carbocycles. The summed E-state index contributed by atoms with van der Waals surface area (Å²) in [6, 6.07) is 16.0. The fraction of sp³-hybridized carbons (Fsp3) is 0.250. The van der Waals surface area contributed by atoms with Crippen molar-refractivity contribution in [2.75, 3.05) is 14.2 Å². The number of hydrogen-bond donors (Lipinski definition) is 1. The maximum absolute atomic E-state index is 9.63. The summed E-state index contributed by atoms with van der Waals surface area (Å²) in [7, 11) is 3.29. The first-order valence-corrected chi connectivity index (χ1v) is 9.26. The van der Waals surface area contributed by atoms with Crippen LogP contribution in [0.15, 0.2) is 59.9 Å². The first-order valence-electron chi connectivity index (χ1n) is 8.27. The molecule has 0 spiro atoms. The highest BCUT2D eigenvalue weighted by Gasteiger charge is 2.11. The summed E-state index contributed by atoms with van der Waals surface area (Å²) in [5.74, 6) is 2.26. The number of ether oxygens (including phenoxy) is 2. The van der Waals surface area contributed by atoms with Gasteiger partial charge in [-0.1, -0.05) is 42.1 Å². The lowest BCUT2D eigenvalue weighted by atomic mass is 10.2. The van der Waals surface area contributed by atoms with E-state index in [0.717, 1.165) is 33.7 Å². The van der Waals surface area contributed by atoms with E-state index in [-0.39, 0.29) is 6.61 Å². The Balaban J connectivity index is 1.79. The van der Waals surface area contributed by atoms with Crippen molar-refractivity contribution in [3.8, 4) is 11.5 Å². The summed E-state index contributed by atoms with van der Waals surface area (Å²) >= 11 is 1.62. The standard InChI is InChI=1S/C20H22N2O3S/c1-24-18-8-16(9-19(10-18)25-2)14-26-20-21-11-17(13-23)22(20)12-15-6-4-3-5-7-15/h3-11,23H,12-14H2,1-2H3. The number of imidazole rings is 1. The third-order valence-electron chi connectivity index (χ3n) is 4.03. The molecule has 3 rings (SSSR count). The van der Waals surface area contributed by atoms with Crippen molar-refractivity contribution >= 4 is 11.8 Å². The van der Waals surface area contributed by atoms with Crippen LogP contribution in [0.4, 0.5) is 0 Å². The van der Waals surface area contributed by atoms with Gasteiger partial charge in [0.05, 0.1) is 32.7 Å². The Kier molecular flexibility index (Phi) is 6.20. The SMILES string of the molecule is COc1cc(CSc2ncc(CO)n2Cc2ccccc2)cc(OC)c1. The number of aliphatic hydroxyl groups is 1. The molecule has 2 aromatic carbocycles. The predicted molar refractivity (Wildman–Crippen MR) is 103 cm³/mol. The van der Waals surface area contributed by atoms with Gasteiger partial charge in [-0.25, -0.2) is 4.98 Å². The van der Waals surface area contributed by atoms with Crippen molar-refractivity contribution < 1.29 is 14.6 Å². The molecule has 0 atom stereocenters. The van der Waals surface area contributed by atoms with Crippen LogP contribution in [-0.2, 0) is 18.9 Å².